The zero-order valence-corrected chi connectivity index (χ0v) is 16.7. The van der Waals surface area contributed by atoms with Gasteiger partial charge in [0.15, 0.2) is 17.5 Å². The second kappa shape index (κ2) is 8.89. The Morgan fingerprint density at radius 2 is 2.18 bits per heavy atom. The van der Waals surface area contributed by atoms with Crippen LogP contribution in [0, 0.1) is 0 Å². The lowest BCUT2D eigenvalue weighted by molar-refractivity contribution is -0.140. The zero-order valence-electron chi connectivity index (χ0n) is 15.9. The molecule has 154 valence electrons. The maximum absolute atomic E-state index is 12.6. The Labute approximate surface area is 165 Å². The first-order chi connectivity index (χ1) is 13.4. The molecule has 0 aliphatic carbocycles. The van der Waals surface area contributed by atoms with Crippen LogP contribution in [0.3, 0.4) is 0 Å². The van der Waals surface area contributed by atoms with E-state index in [1.54, 1.807) is 0 Å². The van der Waals surface area contributed by atoms with Crippen molar-refractivity contribution in [1.82, 2.24) is 30.4 Å². The van der Waals surface area contributed by atoms with Gasteiger partial charge in [-0.1, -0.05) is 6.92 Å². The van der Waals surface area contributed by atoms with Gasteiger partial charge in [-0.05, 0) is 13.3 Å². The Kier molecular flexibility index (Phi) is 6.53. The molecule has 0 aromatic carbocycles. The molecule has 2 aromatic rings. The van der Waals surface area contributed by atoms with Gasteiger partial charge in [-0.25, -0.2) is 14.6 Å². The molecule has 11 heteroatoms. The largest absolute Gasteiger partial charge is 0.434 e. The maximum atomic E-state index is 12.6. The molecule has 0 radical (unpaired) electrons. The number of rotatable bonds is 6. The minimum absolute atomic E-state index is 0.174. The molecule has 28 heavy (non-hydrogen) atoms. The van der Waals surface area contributed by atoms with E-state index in [-0.39, 0.29) is 6.04 Å². The number of guanidine groups is 1. The van der Waals surface area contributed by atoms with Crippen LogP contribution in [0.15, 0.2) is 10.4 Å². The lowest BCUT2D eigenvalue weighted by Crippen LogP contribution is -2.47. The minimum Gasteiger partial charge on any atom is -0.357 e. The molecule has 1 unspecified atom stereocenters. The quantitative estimate of drug-likeness (QED) is 0.560. The van der Waals surface area contributed by atoms with Crippen LogP contribution in [0.5, 0.6) is 0 Å². The third kappa shape index (κ3) is 5.21. The second-order valence-corrected chi connectivity index (χ2v) is 7.44. The highest BCUT2D eigenvalue weighted by Crippen LogP contribution is 2.30. The highest BCUT2D eigenvalue weighted by atomic mass is 32.1. The number of hydrogen-bond acceptors (Lipinski definition) is 5. The van der Waals surface area contributed by atoms with Gasteiger partial charge in [-0.3, -0.25) is 4.99 Å². The van der Waals surface area contributed by atoms with E-state index in [0.29, 0.717) is 37.0 Å². The van der Waals surface area contributed by atoms with Crippen molar-refractivity contribution in [2.24, 2.45) is 4.99 Å². The third-order valence-electron chi connectivity index (χ3n) is 4.34. The molecule has 1 aliphatic rings. The highest BCUT2D eigenvalue weighted by molar-refractivity contribution is 7.09. The molecule has 0 fully saturated rings. The average molecular weight is 415 g/mol. The Morgan fingerprint density at radius 1 is 1.36 bits per heavy atom. The van der Waals surface area contributed by atoms with Gasteiger partial charge < -0.3 is 10.6 Å². The summed E-state index contributed by atoms with van der Waals surface area (Å²) < 4.78 is 39.8. The standard InChI is InChI=1S/C17H24F3N7S/c1-3-13-25-14-6-5-11(9-27(14)26-13)23-16(21-4-2)22-8-7-15-24-12(10-28-15)17(18,19)20/h10-11H,3-9H2,1-2H3,(H2,21,22,23). The molecule has 3 rings (SSSR count). The molecule has 3 heterocycles. The highest BCUT2D eigenvalue weighted by Gasteiger charge is 2.33. The summed E-state index contributed by atoms with van der Waals surface area (Å²) in [6.07, 6.45) is -1.44. The summed E-state index contributed by atoms with van der Waals surface area (Å²) >= 11 is 1.01. The van der Waals surface area contributed by atoms with Gasteiger partial charge in [0.05, 0.1) is 11.6 Å². The van der Waals surface area contributed by atoms with Crippen LogP contribution in [0.25, 0.3) is 0 Å². The van der Waals surface area contributed by atoms with Crippen molar-refractivity contribution in [3.63, 3.8) is 0 Å². The molecule has 1 aliphatic heterocycles. The molecule has 7 nitrogen and oxygen atoms in total. The van der Waals surface area contributed by atoms with Crippen LogP contribution in [0.4, 0.5) is 13.2 Å². The number of hydrogen-bond donors (Lipinski definition) is 2. The summed E-state index contributed by atoms with van der Waals surface area (Å²) in [5, 5.41) is 12.6. The Morgan fingerprint density at radius 3 is 2.86 bits per heavy atom. The topological polar surface area (TPSA) is 80.0 Å². The van der Waals surface area contributed by atoms with E-state index in [1.807, 2.05) is 18.5 Å². The van der Waals surface area contributed by atoms with Crippen LogP contribution in [0.2, 0.25) is 0 Å². The predicted molar refractivity (Wildman–Crippen MR) is 101 cm³/mol. The van der Waals surface area contributed by atoms with Crippen molar-refractivity contribution < 1.29 is 13.2 Å². The number of aryl methyl sites for hydroxylation is 2. The summed E-state index contributed by atoms with van der Waals surface area (Å²) in [5.74, 6) is 2.53. The van der Waals surface area contributed by atoms with Crippen molar-refractivity contribution in [1.29, 1.82) is 0 Å². The van der Waals surface area contributed by atoms with E-state index in [0.717, 1.165) is 47.6 Å². The Balaban J connectivity index is 1.56. The van der Waals surface area contributed by atoms with Crippen molar-refractivity contribution in [3.05, 3.63) is 27.7 Å². The molecule has 2 N–H and O–H groups in total. The lowest BCUT2D eigenvalue weighted by Gasteiger charge is -2.25. The second-order valence-electron chi connectivity index (χ2n) is 6.49. The molecule has 1 atom stereocenters. The van der Waals surface area contributed by atoms with E-state index >= 15 is 0 Å². The van der Waals surface area contributed by atoms with Gasteiger partial charge >= 0.3 is 6.18 Å². The molecule has 2 aromatic heterocycles. The van der Waals surface area contributed by atoms with Gasteiger partial charge in [0.25, 0.3) is 0 Å². The van der Waals surface area contributed by atoms with Gasteiger partial charge in [0.1, 0.15) is 5.82 Å². The van der Waals surface area contributed by atoms with Gasteiger partial charge in [0.2, 0.25) is 0 Å². The average Bonchev–Trinajstić information content (AvgIpc) is 3.27. The van der Waals surface area contributed by atoms with E-state index in [1.165, 1.54) is 0 Å². The van der Waals surface area contributed by atoms with E-state index in [2.05, 4.69) is 30.7 Å². The molecular formula is C17H24F3N7S. The third-order valence-corrected chi connectivity index (χ3v) is 5.25. The lowest BCUT2D eigenvalue weighted by atomic mass is 10.1. The number of alkyl halides is 3. The zero-order chi connectivity index (χ0) is 20.1. The molecule has 0 spiro atoms. The van der Waals surface area contributed by atoms with Gasteiger partial charge in [0, 0.05) is 43.8 Å². The molecule has 0 saturated carbocycles. The number of fused-ring (bicyclic) bond motifs is 1. The first-order valence-corrected chi connectivity index (χ1v) is 10.3. The molecule has 0 amide bonds. The number of thiazole rings is 1. The molecule has 0 bridgehead atoms. The number of halogens is 3. The molecular weight excluding hydrogens is 391 g/mol. The normalized spacial score (nSPS) is 17.5. The van der Waals surface area contributed by atoms with E-state index in [9.17, 15) is 13.2 Å². The van der Waals surface area contributed by atoms with E-state index in [4.69, 9.17) is 0 Å². The predicted octanol–water partition coefficient (Wildman–Crippen LogP) is 2.43. The summed E-state index contributed by atoms with van der Waals surface area (Å²) in [6, 6.07) is 0.174. The number of nitrogens with one attached hydrogen (secondary N) is 2. The van der Waals surface area contributed by atoms with E-state index < -0.39 is 11.9 Å². The summed E-state index contributed by atoms with van der Waals surface area (Å²) in [7, 11) is 0. The number of aliphatic imine (C=N–C) groups is 1. The van der Waals surface area contributed by atoms with Crippen LogP contribution in [0.1, 0.15) is 42.6 Å². The smallest absolute Gasteiger partial charge is 0.357 e. The van der Waals surface area contributed by atoms with Crippen molar-refractivity contribution >= 4 is 17.3 Å². The SMILES string of the molecule is CCNC(=NCCc1nc(C(F)(F)F)cs1)NC1CCc2nc(CC)nn2C1. The number of aromatic nitrogens is 4. The summed E-state index contributed by atoms with van der Waals surface area (Å²) in [6.45, 7) is 5.78. The summed E-state index contributed by atoms with van der Waals surface area (Å²) in [5.41, 5.74) is -0.834. The van der Waals surface area contributed by atoms with Crippen LogP contribution >= 0.6 is 11.3 Å². The Bertz CT molecular complexity index is 812. The van der Waals surface area contributed by atoms with Crippen molar-refractivity contribution in [2.45, 2.75) is 58.3 Å². The fourth-order valence-electron chi connectivity index (χ4n) is 2.96. The van der Waals surface area contributed by atoms with Crippen LogP contribution in [-0.2, 0) is 32.0 Å². The minimum atomic E-state index is -4.40. The molecule has 0 saturated heterocycles. The van der Waals surface area contributed by atoms with Gasteiger partial charge in [-0.2, -0.15) is 18.3 Å². The fourth-order valence-corrected chi connectivity index (χ4v) is 3.76. The fraction of sp³-hybridized carbons (Fsp3) is 0.647. The van der Waals surface area contributed by atoms with Crippen molar-refractivity contribution in [2.75, 3.05) is 13.1 Å². The first kappa shape index (κ1) is 20.6. The number of nitrogens with zero attached hydrogens (tertiary/aromatic N) is 5. The maximum Gasteiger partial charge on any atom is 0.434 e. The Hall–Kier alpha value is -2.17. The van der Waals surface area contributed by atoms with Crippen molar-refractivity contribution in [3.8, 4) is 0 Å². The monoisotopic (exact) mass is 415 g/mol. The first-order valence-electron chi connectivity index (χ1n) is 9.38. The van der Waals surface area contributed by atoms with Crippen LogP contribution in [-0.4, -0.2) is 44.8 Å². The summed E-state index contributed by atoms with van der Waals surface area (Å²) in [4.78, 5) is 12.6. The van der Waals surface area contributed by atoms with Gasteiger partial charge in [-0.15, -0.1) is 11.3 Å². The van der Waals surface area contributed by atoms with Crippen LogP contribution < -0.4 is 10.6 Å².